The van der Waals surface area contributed by atoms with Gasteiger partial charge in [-0.25, -0.2) is 4.98 Å². The minimum Gasteiger partial charge on any atom is -0.441 e. The van der Waals surface area contributed by atoms with Crippen molar-refractivity contribution in [2.24, 2.45) is 0 Å². The molecule has 0 aliphatic heterocycles. The fraction of sp³-hybridized carbons (Fsp3) is 0.308. The molecular weight excluding hydrogens is 222 g/mol. The summed E-state index contributed by atoms with van der Waals surface area (Å²) in [5.74, 6) is 1.85. The molecule has 2 rings (SSSR count). The van der Waals surface area contributed by atoms with Gasteiger partial charge in [-0.2, -0.15) is 0 Å². The van der Waals surface area contributed by atoms with Gasteiger partial charge in [0.25, 0.3) is 0 Å². The van der Waals surface area contributed by atoms with Crippen LogP contribution in [0.1, 0.15) is 22.6 Å². The van der Waals surface area contributed by atoms with Crippen molar-refractivity contribution in [2.45, 2.75) is 26.7 Å². The lowest BCUT2D eigenvalue weighted by molar-refractivity contribution is 0.540. The van der Waals surface area contributed by atoms with Crippen molar-refractivity contribution in [3.05, 3.63) is 40.8 Å². The third kappa shape index (κ3) is 1.98. The van der Waals surface area contributed by atoms with Gasteiger partial charge in [-0.15, -0.1) is 11.6 Å². The first-order chi connectivity index (χ1) is 7.61. The first-order valence-corrected chi connectivity index (χ1v) is 5.75. The number of benzene rings is 1. The summed E-state index contributed by atoms with van der Waals surface area (Å²) in [6, 6.07) is 6.24. The monoisotopic (exact) mass is 235 g/mol. The normalized spacial score (nSPS) is 10.8. The first-order valence-electron chi connectivity index (χ1n) is 5.21. The van der Waals surface area contributed by atoms with Crippen molar-refractivity contribution in [2.75, 3.05) is 0 Å². The number of oxazole rings is 1. The molecule has 0 N–H and O–H groups in total. The lowest BCUT2D eigenvalue weighted by Crippen LogP contribution is -1.85. The van der Waals surface area contributed by atoms with Crippen LogP contribution in [0.25, 0.3) is 11.5 Å². The Morgan fingerprint density at radius 2 is 2.00 bits per heavy atom. The van der Waals surface area contributed by atoms with E-state index in [9.17, 15) is 0 Å². The Labute approximate surface area is 100 Å². The topological polar surface area (TPSA) is 26.0 Å². The number of aryl methyl sites for hydroxylation is 3. The van der Waals surface area contributed by atoms with Crippen LogP contribution in [0.15, 0.2) is 22.6 Å². The quantitative estimate of drug-likeness (QED) is 0.736. The summed E-state index contributed by atoms with van der Waals surface area (Å²) < 4.78 is 5.63. The van der Waals surface area contributed by atoms with Gasteiger partial charge in [0.2, 0.25) is 5.89 Å². The van der Waals surface area contributed by atoms with Gasteiger partial charge >= 0.3 is 0 Å². The molecule has 3 heteroatoms. The number of hydrogen-bond donors (Lipinski definition) is 0. The number of aromatic nitrogens is 1. The SMILES string of the molecule is Cc1ccc(C)c(-c2nc(CCl)c(C)o2)c1. The smallest absolute Gasteiger partial charge is 0.226 e. The predicted molar refractivity (Wildman–Crippen MR) is 65.7 cm³/mol. The molecule has 1 aromatic carbocycles. The minimum atomic E-state index is 0.389. The Hall–Kier alpha value is -1.28. The standard InChI is InChI=1S/C13H14ClNO/c1-8-4-5-9(2)11(6-8)13-15-12(7-14)10(3)16-13/h4-6H,7H2,1-3H3. The Morgan fingerprint density at radius 1 is 1.25 bits per heavy atom. The average molecular weight is 236 g/mol. The van der Waals surface area contributed by atoms with Gasteiger partial charge in [0.05, 0.1) is 11.6 Å². The highest BCUT2D eigenvalue weighted by molar-refractivity contribution is 6.16. The summed E-state index contributed by atoms with van der Waals surface area (Å²) in [6.45, 7) is 6.00. The van der Waals surface area contributed by atoms with Crippen LogP contribution in [0, 0.1) is 20.8 Å². The van der Waals surface area contributed by atoms with E-state index in [2.05, 4.69) is 37.0 Å². The Balaban J connectivity index is 2.53. The van der Waals surface area contributed by atoms with E-state index in [1.807, 2.05) is 6.92 Å². The number of halogens is 1. The molecule has 1 heterocycles. The van der Waals surface area contributed by atoms with Crippen molar-refractivity contribution in [3.63, 3.8) is 0 Å². The zero-order valence-corrected chi connectivity index (χ0v) is 10.4. The highest BCUT2D eigenvalue weighted by Crippen LogP contribution is 2.26. The second kappa shape index (κ2) is 4.30. The number of nitrogens with zero attached hydrogens (tertiary/aromatic N) is 1. The zero-order valence-electron chi connectivity index (χ0n) is 9.67. The van der Waals surface area contributed by atoms with E-state index in [1.165, 1.54) is 5.56 Å². The van der Waals surface area contributed by atoms with Crippen LogP contribution >= 0.6 is 11.6 Å². The average Bonchev–Trinajstić information content (AvgIpc) is 2.63. The van der Waals surface area contributed by atoms with Gasteiger partial charge < -0.3 is 4.42 Å². The molecule has 0 fully saturated rings. The maximum Gasteiger partial charge on any atom is 0.226 e. The predicted octanol–water partition coefficient (Wildman–Crippen LogP) is 4.01. The summed E-state index contributed by atoms with van der Waals surface area (Å²) in [5, 5.41) is 0. The summed E-state index contributed by atoms with van der Waals surface area (Å²) >= 11 is 5.78. The van der Waals surface area contributed by atoms with Crippen LogP contribution < -0.4 is 0 Å². The molecule has 0 atom stereocenters. The molecule has 16 heavy (non-hydrogen) atoms. The third-order valence-electron chi connectivity index (χ3n) is 2.64. The first kappa shape index (κ1) is 11.2. The fourth-order valence-electron chi connectivity index (χ4n) is 1.63. The van der Waals surface area contributed by atoms with Crippen LogP contribution in [-0.2, 0) is 5.88 Å². The van der Waals surface area contributed by atoms with Gasteiger partial charge in [0, 0.05) is 5.56 Å². The molecule has 0 aliphatic rings. The molecule has 0 saturated heterocycles. The van der Waals surface area contributed by atoms with E-state index < -0.39 is 0 Å². The van der Waals surface area contributed by atoms with Crippen LogP contribution in [0.4, 0.5) is 0 Å². The second-order valence-corrected chi connectivity index (χ2v) is 4.24. The molecule has 0 spiro atoms. The molecule has 2 nitrogen and oxygen atoms in total. The van der Waals surface area contributed by atoms with E-state index >= 15 is 0 Å². The van der Waals surface area contributed by atoms with Gasteiger partial charge in [-0.1, -0.05) is 17.7 Å². The Kier molecular flexibility index (Phi) is 3.01. The molecule has 0 unspecified atom stereocenters. The number of rotatable bonds is 2. The molecule has 2 aromatic rings. The van der Waals surface area contributed by atoms with Crippen LogP contribution in [0.3, 0.4) is 0 Å². The molecule has 0 bridgehead atoms. The van der Waals surface area contributed by atoms with E-state index in [0.717, 1.165) is 22.6 Å². The minimum absolute atomic E-state index is 0.389. The molecule has 0 amide bonds. The Morgan fingerprint density at radius 3 is 2.62 bits per heavy atom. The van der Waals surface area contributed by atoms with E-state index in [1.54, 1.807) is 0 Å². The molecule has 1 aromatic heterocycles. The van der Waals surface area contributed by atoms with Crippen molar-refractivity contribution >= 4 is 11.6 Å². The van der Waals surface area contributed by atoms with Gasteiger partial charge in [-0.05, 0) is 32.4 Å². The van der Waals surface area contributed by atoms with E-state index in [0.29, 0.717) is 11.8 Å². The maximum atomic E-state index is 5.78. The lowest BCUT2D eigenvalue weighted by atomic mass is 10.1. The lowest BCUT2D eigenvalue weighted by Gasteiger charge is -2.02. The fourth-order valence-corrected chi connectivity index (χ4v) is 1.88. The van der Waals surface area contributed by atoms with Crippen LogP contribution in [0.5, 0.6) is 0 Å². The van der Waals surface area contributed by atoms with Gasteiger partial charge in [0.15, 0.2) is 0 Å². The summed E-state index contributed by atoms with van der Waals surface area (Å²) in [4.78, 5) is 4.40. The zero-order chi connectivity index (χ0) is 11.7. The van der Waals surface area contributed by atoms with Crippen LogP contribution in [-0.4, -0.2) is 4.98 Å². The molecule has 0 radical (unpaired) electrons. The van der Waals surface area contributed by atoms with Crippen molar-refractivity contribution in [1.82, 2.24) is 4.98 Å². The van der Waals surface area contributed by atoms with E-state index in [4.69, 9.17) is 16.0 Å². The van der Waals surface area contributed by atoms with Gasteiger partial charge in [0.1, 0.15) is 5.76 Å². The van der Waals surface area contributed by atoms with Crippen molar-refractivity contribution < 1.29 is 4.42 Å². The molecule has 0 saturated carbocycles. The molecule has 84 valence electrons. The maximum absolute atomic E-state index is 5.78. The largest absolute Gasteiger partial charge is 0.441 e. The third-order valence-corrected chi connectivity index (χ3v) is 2.90. The molecular formula is C13H14ClNO. The highest BCUT2D eigenvalue weighted by atomic mass is 35.5. The molecule has 0 aliphatic carbocycles. The van der Waals surface area contributed by atoms with E-state index in [-0.39, 0.29) is 0 Å². The van der Waals surface area contributed by atoms with Gasteiger partial charge in [-0.3, -0.25) is 0 Å². The summed E-state index contributed by atoms with van der Waals surface area (Å²) in [5.41, 5.74) is 4.22. The number of alkyl halides is 1. The highest BCUT2D eigenvalue weighted by Gasteiger charge is 2.12. The second-order valence-electron chi connectivity index (χ2n) is 3.97. The number of hydrogen-bond acceptors (Lipinski definition) is 2. The summed E-state index contributed by atoms with van der Waals surface area (Å²) in [6.07, 6.45) is 0. The Bertz CT molecular complexity index is 517. The van der Waals surface area contributed by atoms with Crippen molar-refractivity contribution in [3.8, 4) is 11.5 Å². The summed E-state index contributed by atoms with van der Waals surface area (Å²) in [7, 11) is 0. The van der Waals surface area contributed by atoms with Crippen molar-refractivity contribution in [1.29, 1.82) is 0 Å². The van der Waals surface area contributed by atoms with Crippen LogP contribution in [0.2, 0.25) is 0 Å².